The van der Waals surface area contributed by atoms with Crippen molar-refractivity contribution in [2.24, 2.45) is 11.8 Å². The van der Waals surface area contributed by atoms with Gasteiger partial charge in [-0.05, 0) is 64.4 Å². The van der Waals surface area contributed by atoms with Crippen molar-refractivity contribution < 1.29 is 34.6 Å². The number of hydrogen-bond acceptors (Lipinski definition) is 3. The van der Waals surface area contributed by atoms with Gasteiger partial charge in [-0.2, -0.15) is 0 Å². The van der Waals surface area contributed by atoms with E-state index in [0.29, 0.717) is 25.0 Å². The average molecular weight is 408 g/mol. The molecule has 0 amide bonds. The summed E-state index contributed by atoms with van der Waals surface area (Å²) in [6.45, 7) is 15.8. The van der Waals surface area contributed by atoms with E-state index in [1.165, 1.54) is 5.56 Å². The zero-order chi connectivity index (χ0) is 20.8. The third kappa shape index (κ3) is 7.82. The average Bonchev–Trinajstić information content (AvgIpc) is 2.58. The van der Waals surface area contributed by atoms with Crippen LogP contribution in [0.25, 0.3) is 0 Å². The number of carbonyl (C=O) groups excluding carboxylic acids is 1. The van der Waals surface area contributed by atoms with E-state index in [9.17, 15) is 4.79 Å². The van der Waals surface area contributed by atoms with Crippen LogP contribution in [0.2, 0.25) is 0 Å². The van der Waals surface area contributed by atoms with Crippen LogP contribution in [0.4, 0.5) is 0 Å². The summed E-state index contributed by atoms with van der Waals surface area (Å²) in [6, 6.07) is 9.98. The molecule has 0 aliphatic rings. The van der Waals surface area contributed by atoms with Crippen molar-refractivity contribution >= 4 is 19.4 Å². The minimum absolute atomic E-state index is 0. The van der Waals surface area contributed by atoms with Gasteiger partial charge in [-0.25, -0.2) is 0 Å². The monoisotopic (exact) mass is 408 g/mol. The zero-order valence-electron chi connectivity index (χ0n) is 20.2. The number of hydrogen-bond donors (Lipinski definition) is 0. The minimum Gasteiger partial charge on any atom is -1.00 e. The van der Waals surface area contributed by atoms with E-state index < -0.39 is 0 Å². The van der Waals surface area contributed by atoms with Crippen LogP contribution in [0.3, 0.4) is 0 Å². The van der Waals surface area contributed by atoms with Crippen LogP contribution >= 0.6 is 8.58 Å². The molecule has 0 bridgehead atoms. The molecular weight excluding hydrogens is 374 g/mol. The summed E-state index contributed by atoms with van der Waals surface area (Å²) >= 11 is 0. The molecule has 3 nitrogen and oxygen atoms in total. The number of ether oxygens (including phenoxy) is 2. The summed E-state index contributed by atoms with van der Waals surface area (Å²) in [6.07, 6.45) is 0. The van der Waals surface area contributed by atoms with E-state index in [2.05, 4.69) is 46.8 Å². The first-order valence-corrected chi connectivity index (χ1v) is 11.0. The van der Waals surface area contributed by atoms with Gasteiger partial charge in [0.05, 0.1) is 13.2 Å². The molecule has 29 heavy (non-hydrogen) atoms. The van der Waals surface area contributed by atoms with Gasteiger partial charge < -0.3 is 10.9 Å². The molecular formula is C24H34LiO3P. The molecule has 0 aliphatic heterocycles. The molecule has 0 aliphatic carbocycles. The Balaban J connectivity index is 0.00000420. The Hall–Kier alpha value is -1.26. The van der Waals surface area contributed by atoms with Crippen molar-refractivity contribution in [3.8, 4) is 11.5 Å². The topological polar surface area (TPSA) is 35.5 Å². The molecule has 0 aromatic heterocycles. The van der Waals surface area contributed by atoms with E-state index in [0.717, 1.165) is 33.5 Å². The van der Waals surface area contributed by atoms with E-state index in [1.807, 2.05) is 32.0 Å². The predicted octanol–water partition coefficient (Wildman–Crippen LogP) is 2.94. The Bertz CT molecular complexity index is 814. The molecule has 1 unspecified atom stereocenters. The van der Waals surface area contributed by atoms with Crippen LogP contribution in [-0.2, 0) is 0 Å². The van der Waals surface area contributed by atoms with Crippen molar-refractivity contribution in [1.29, 1.82) is 0 Å². The smallest absolute Gasteiger partial charge is 1.00 e. The van der Waals surface area contributed by atoms with Crippen LogP contribution in [0.5, 0.6) is 11.5 Å². The van der Waals surface area contributed by atoms with Gasteiger partial charge >= 0.3 is 18.9 Å². The van der Waals surface area contributed by atoms with Crippen molar-refractivity contribution in [1.82, 2.24) is 0 Å². The van der Waals surface area contributed by atoms with Gasteiger partial charge in [-0.15, -0.1) is 0 Å². The number of carbonyl (C=O) groups is 1. The largest absolute Gasteiger partial charge is 1.00 e. The van der Waals surface area contributed by atoms with Crippen LogP contribution < -0.4 is 33.6 Å². The third-order valence-corrected chi connectivity index (χ3v) is 5.42. The SMILES string of the molecule is Cc1cc(C)c(C(=O)Pc2ccc(OCC(C)C)cc2OCC(C)C)c(C)c1.[H-].[Li+]. The second-order valence-corrected chi connectivity index (χ2v) is 9.54. The molecule has 0 spiro atoms. The first-order valence-electron chi connectivity index (χ1n) is 9.96. The van der Waals surface area contributed by atoms with Crippen molar-refractivity contribution in [2.45, 2.75) is 48.5 Å². The fourth-order valence-corrected chi connectivity index (χ4v) is 4.26. The molecule has 0 fully saturated rings. The van der Waals surface area contributed by atoms with Crippen LogP contribution in [-0.4, -0.2) is 18.7 Å². The van der Waals surface area contributed by atoms with Crippen LogP contribution in [0.15, 0.2) is 30.3 Å². The molecule has 0 saturated heterocycles. The molecule has 0 N–H and O–H groups in total. The molecule has 5 heteroatoms. The standard InChI is InChI=1S/C24H33O3P.Li.H/c1-15(2)13-26-20-8-9-22(21(12-20)27-14-16(3)4)28-24(25)23-18(6)10-17(5)11-19(23)7;;/h8-12,15-16,28H,13-14H2,1-7H3;;/q;+1;-1. The second kappa shape index (κ2) is 11.8. The van der Waals surface area contributed by atoms with E-state index in [1.54, 1.807) is 0 Å². The molecule has 1 atom stereocenters. The Labute approximate surface area is 191 Å². The summed E-state index contributed by atoms with van der Waals surface area (Å²) in [7, 11) is 0.0218. The quantitative estimate of drug-likeness (QED) is 0.473. The molecule has 2 aromatic rings. The number of benzene rings is 2. The third-order valence-electron chi connectivity index (χ3n) is 4.26. The van der Waals surface area contributed by atoms with Crippen LogP contribution in [0, 0.1) is 32.6 Å². The summed E-state index contributed by atoms with van der Waals surface area (Å²) in [4.78, 5) is 13.1. The van der Waals surface area contributed by atoms with Crippen molar-refractivity contribution in [3.63, 3.8) is 0 Å². The van der Waals surface area contributed by atoms with E-state index in [4.69, 9.17) is 9.47 Å². The van der Waals surface area contributed by atoms with Gasteiger partial charge in [0.1, 0.15) is 11.5 Å². The number of aryl methyl sites for hydroxylation is 3. The zero-order valence-corrected chi connectivity index (χ0v) is 20.2. The maximum Gasteiger partial charge on any atom is 1.00 e. The Kier molecular flexibility index (Phi) is 10.5. The Morgan fingerprint density at radius 2 is 1.48 bits per heavy atom. The fraction of sp³-hybridized carbons (Fsp3) is 0.458. The van der Waals surface area contributed by atoms with Gasteiger partial charge in [0.15, 0.2) is 5.52 Å². The summed E-state index contributed by atoms with van der Waals surface area (Å²) in [5.41, 5.74) is 4.25. The van der Waals surface area contributed by atoms with Crippen molar-refractivity contribution in [3.05, 3.63) is 52.6 Å². The second-order valence-electron chi connectivity index (χ2n) is 8.30. The summed E-state index contributed by atoms with van der Waals surface area (Å²) < 4.78 is 11.9. The van der Waals surface area contributed by atoms with Crippen LogP contribution in [0.1, 0.15) is 56.2 Å². The van der Waals surface area contributed by atoms with Crippen molar-refractivity contribution in [2.75, 3.05) is 13.2 Å². The fourth-order valence-electron chi connectivity index (χ4n) is 3.06. The minimum atomic E-state index is 0. The molecule has 2 rings (SSSR count). The molecule has 2 aromatic carbocycles. The van der Waals surface area contributed by atoms with Gasteiger partial charge in [0.25, 0.3) is 0 Å². The van der Waals surface area contributed by atoms with Gasteiger partial charge in [-0.1, -0.05) is 45.4 Å². The first-order chi connectivity index (χ1) is 13.2. The van der Waals surface area contributed by atoms with E-state index >= 15 is 0 Å². The maximum absolute atomic E-state index is 13.1. The Morgan fingerprint density at radius 1 is 0.931 bits per heavy atom. The van der Waals surface area contributed by atoms with Gasteiger partial charge in [0.2, 0.25) is 0 Å². The predicted molar refractivity (Wildman–Crippen MR) is 121 cm³/mol. The number of rotatable bonds is 9. The maximum atomic E-state index is 13.1. The molecule has 154 valence electrons. The molecule has 0 radical (unpaired) electrons. The van der Waals surface area contributed by atoms with Gasteiger partial charge in [0, 0.05) is 16.9 Å². The first kappa shape index (κ1) is 25.8. The van der Waals surface area contributed by atoms with E-state index in [-0.39, 0.29) is 34.4 Å². The normalized spacial score (nSPS) is 11.2. The summed E-state index contributed by atoms with van der Waals surface area (Å²) in [5, 5.41) is 0.932. The Morgan fingerprint density at radius 3 is 2.03 bits per heavy atom. The molecule has 0 heterocycles. The summed E-state index contributed by atoms with van der Waals surface area (Å²) in [5.74, 6) is 2.41. The van der Waals surface area contributed by atoms with Gasteiger partial charge in [-0.3, -0.25) is 4.79 Å². The molecule has 0 saturated carbocycles.